The predicted molar refractivity (Wildman–Crippen MR) is 134 cm³/mol. The van der Waals surface area contributed by atoms with Crippen LogP contribution in [0.25, 0.3) is 22.2 Å². The lowest BCUT2D eigenvalue weighted by Gasteiger charge is -2.28. The maximum atomic E-state index is 13.4. The van der Waals surface area contributed by atoms with Gasteiger partial charge in [0.1, 0.15) is 6.54 Å². The van der Waals surface area contributed by atoms with Crippen molar-refractivity contribution in [3.8, 4) is 11.3 Å². The number of carbonyl (C=O) groups is 2. The molecule has 1 N–H and O–H groups in total. The molecule has 2 aliphatic rings. The highest BCUT2D eigenvalue weighted by Gasteiger charge is 2.28. The Balaban J connectivity index is 1.71. The average Bonchev–Trinajstić information content (AvgIpc) is 3.23. The van der Waals surface area contributed by atoms with Crippen molar-refractivity contribution in [2.75, 3.05) is 33.4 Å². The standard InChI is InChI=1S/C28H33N3O3/c1-29-28(33)22-12-13-23-24(18-22)31(19-25(32)30-14-16-34-17-15-30)27(21-10-6-3-7-11-21)26(23)20-8-4-2-5-9-20/h3,6-7,10-13,18,20H,2,4-5,8-9,14-17,19H2,1H3,(H,29,33). The Labute approximate surface area is 200 Å². The summed E-state index contributed by atoms with van der Waals surface area (Å²) in [5, 5.41) is 3.90. The third-order valence-corrected chi connectivity index (χ3v) is 7.31. The Bertz CT molecular complexity index is 1170. The number of hydrogen-bond donors (Lipinski definition) is 1. The molecular weight excluding hydrogens is 426 g/mol. The predicted octanol–water partition coefficient (Wildman–Crippen LogP) is 4.57. The number of nitrogens with one attached hydrogen (secondary N) is 1. The molecule has 3 aromatic rings. The molecule has 2 heterocycles. The van der Waals surface area contributed by atoms with Gasteiger partial charge in [0.25, 0.3) is 5.91 Å². The van der Waals surface area contributed by atoms with Crippen LogP contribution in [0.5, 0.6) is 0 Å². The van der Waals surface area contributed by atoms with E-state index in [0.29, 0.717) is 37.8 Å². The maximum Gasteiger partial charge on any atom is 0.251 e. The van der Waals surface area contributed by atoms with Gasteiger partial charge >= 0.3 is 0 Å². The molecule has 1 aliphatic carbocycles. The van der Waals surface area contributed by atoms with Gasteiger partial charge in [-0.05, 0) is 42.0 Å². The average molecular weight is 460 g/mol. The fourth-order valence-electron chi connectivity index (χ4n) is 5.59. The molecule has 34 heavy (non-hydrogen) atoms. The van der Waals surface area contributed by atoms with Crippen molar-refractivity contribution in [3.05, 3.63) is 59.7 Å². The molecule has 0 bridgehead atoms. The summed E-state index contributed by atoms with van der Waals surface area (Å²) in [7, 11) is 1.65. The van der Waals surface area contributed by atoms with Crippen molar-refractivity contribution in [1.82, 2.24) is 14.8 Å². The summed E-state index contributed by atoms with van der Waals surface area (Å²) in [5.74, 6) is 0.435. The van der Waals surface area contributed by atoms with E-state index in [9.17, 15) is 9.59 Å². The highest BCUT2D eigenvalue weighted by Crippen LogP contribution is 2.44. The summed E-state index contributed by atoms with van der Waals surface area (Å²) in [6.07, 6.45) is 6.07. The van der Waals surface area contributed by atoms with Gasteiger partial charge in [0.15, 0.2) is 0 Å². The summed E-state index contributed by atoms with van der Waals surface area (Å²) in [6, 6.07) is 16.4. The Morgan fingerprint density at radius 1 is 1.00 bits per heavy atom. The molecule has 2 fully saturated rings. The van der Waals surface area contributed by atoms with E-state index in [4.69, 9.17) is 4.74 Å². The van der Waals surface area contributed by atoms with Gasteiger partial charge in [0.05, 0.1) is 24.4 Å². The zero-order valence-corrected chi connectivity index (χ0v) is 19.9. The molecule has 0 atom stereocenters. The van der Waals surface area contributed by atoms with Crippen LogP contribution in [0.15, 0.2) is 48.5 Å². The van der Waals surface area contributed by atoms with E-state index >= 15 is 0 Å². The van der Waals surface area contributed by atoms with Gasteiger partial charge in [-0.15, -0.1) is 0 Å². The zero-order chi connectivity index (χ0) is 23.5. The first kappa shape index (κ1) is 22.7. The Kier molecular flexibility index (Phi) is 6.68. The first-order valence-electron chi connectivity index (χ1n) is 12.5. The minimum Gasteiger partial charge on any atom is -0.378 e. The molecule has 5 rings (SSSR count). The quantitative estimate of drug-likeness (QED) is 0.608. The van der Waals surface area contributed by atoms with Gasteiger partial charge in [0.2, 0.25) is 5.91 Å². The molecule has 2 aromatic carbocycles. The van der Waals surface area contributed by atoms with Crippen LogP contribution in [0.2, 0.25) is 0 Å². The molecule has 1 aromatic heterocycles. The van der Waals surface area contributed by atoms with Crippen LogP contribution in [0, 0.1) is 0 Å². The maximum absolute atomic E-state index is 13.4. The van der Waals surface area contributed by atoms with E-state index in [0.717, 1.165) is 35.0 Å². The molecule has 2 amide bonds. The molecule has 6 heteroatoms. The van der Waals surface area contributed by atoms with Crippen molar-refractivity contribution in [2.45, 2.75) is 44.6 Å². The number of aromatic nitrogens is 1. The Morgan fingerprint density at radius 3 is 2.44 bits per heavy atom. The number of fused-ring (bicyclic) bond motifs is 1. The first-order valence-corrected chi connectivity index (χ1v) is 12.5. The molecular formula is C28H33N3O3. The molecule has 178 valence electrons. The van der Waals surface area contributed by atoms with Gasteiger partial charge in [-0.25, -0.2) is 0 Å². The summed E-state index contributed by atoms with van der Waals surface area (Å²) < 4.78 is 7.62. The fraction of sp³-hybridized carbons (Fsp3) is 0.429. The molecule has 0 unspecified atom stereocenters. The minimum atomic E-state index is -0.116. The third kappa shape index (κ3) is 4.34. The Morgan fingerprint density at radius 2 is 1.74 bits per heavy atom. The minimum absolute atomic E-state index is 0.0953. The second kappa shape index (κ2) is 10.0. The van der Waals surface area contributed by atoms with Crippen LogP contribution < -0.4 is 5.32 Å². The van der Waals surface area contributed by atoms with Crippen molar-refractivity contribution < 1.29 is 14.3 Å². The molecule has 1 saturated heterocycles. The lowest BCUT2D eigenvalue weighted by Crippen LogP contribution is -2.42. The van der Waals surface area contributed by atoms with Crippen molar-refractivity contribution >= 4 is 22.7 Å². The number of benzene rings is 2. The lowest BCUT2D eigenvalue weighted by atomic mass is 9.82. The number of nitrogens with zero attached hydrogens (tertiary/aromatic N) is 2. The van der Waals surface area contributed by atoms with E-state index in [1.54, 1.807) is 7.05 Å². The highest BCUT2D eigenvalue weighted by molar-refractivity contribution is 6.01. The van der Waals surface area contributed by atoms with E-state index in [1.807, 2.05) is 23.1 Å². The van der Waals surface area contributed by atoms with E-state index in [2.05, 4.69) is 40.2 Å². The number of morpholine rings is 1. The van der Waals surface area contributed by atoms with Gasteiger partial charge in [0, 0.05) is 31.1 Å². The largest absolute Gasteiger partial charge is 0.378 e. The zero-order valence-electron chi connectivity index (χ0n) is 19.9. The van der Waals surface area contributed by atoms with E-state index < -0.39 is 0 Å². The SMILES string of the molecule is CNC(=O)c1ccc2c(C3CCCCC3)c(-c3ccccc3)n(CC(=O)N3CCOCC3)c2c1. The molecule has 6 nitrogen and oxygen atoms in total. The number of ether oxygens (including phenoxy) is 1. The monoisotopic (exact) mass is 459 g/mol. The molecule has 1 saturated carbocycles. The summed E-state index contributed by atoms with van der Waals surface area (Å²) >= 11 is 0. The summed E-state index contributed by atoms with van der Waals surface area (Å²) in [4.78, 5) is 27.8. The second-order valence-electron chi connectivity index (χ2n) is 9.35. The third-order valence-electron chi connectivity index (χ3n) is 7.31. The number of hydrogen-bond acceptors (Lipinski definition) is 3. The topological polar surface area (TPSA) is 63.6 Å². The van der Waals surface area contributed by atoms with Crippen LogP contribution >= 0.6 is 0 Å². The molecule has 0 radical (unpaired) electrons. The first-order chi connectivity index (χ1) is 16.7. The summed E-state index contributed by atoms with van der Waals surface area (Å²) in [5.41, 5.74) is 5.15. The van der Waals surface area contributed by atoms with Crippen molar-refractivity contribution in [2.24, 2.45) is 0 Å². The van der Waals surface area contributed by atoms with Gasteiger partial charge in [-0.2, -0.15) is 0 Å². The van der Waals surface area contributed by atoms with E-state index in [1.165, 1.54) is 24.8 Å². The highest BCUT2D eigenvalue weighted by atomic mass is 16.5. The van der Waals surface area contributed by atoms with Crippen LogP contribution in [0.4, 0.5) is 0 Å². The Hall–Kier alpha value is -3.12. The molecule has 1 aliphatic heterocycles. The van der Waals surface area contributed by atoms with Crippen LogP contribution in [-0.4, -0.2) is 54.6 Å². The smallest absolute Gasteiger partial charge is 0.251 e. The van der Waals surface area contributed by atoms with Crippen molar-refractivity contribution in [3.63, 3.8) is 0 Å². The van der Waals surface area contributed by atoms with Gasteiger partial charge in [-0.3, -0.25) is 9.59 Å². The molecule has 0 spiro atoms. The number of carbonyl (C=O) groups excluding carboxylic acids is 2. The van der Waals surface area contributed by atoms with E-state index in [-0.39, 0.29) is 18.4 Å². The van der Waals surface area contributed by atoms with Gasteiger partial charge < -0.3 is 19.5 Å². The fourth-order valence-corrected chi connectivity index (χ4v) is 5.59. The van der Waals surface area contributed by atoms with Crippen LogP contribution in [-0.2, 0) is 16.1 Å². The summed E-state index contributed by atoms with van der Waals surface area (Å²) in [6.45, 7) is 2.66. The number of amides is 2. The van der Waals surface area contributed by atoms with Crippen LogP contribution in [0.3, 0.4) is 0 Å². The normalized spacial score (nSPS) is 17.1. The van der Waals surface area contributed by atoms with Crippen LogP contribution in [0.1, 0.15) is 53.9 Å². The number of rotatable bonds is 5. The second-order valence-corrected chi connectivity index (χ2v) is 9.35. The lowest BCUT2D eigenvalue weighted by molar-refractivity contribution is -0.135. The van der Waals surface area contributed by atoms with Crippen molar-refractivity contribution in [1.29, 1.82) is 0 Å². The van der Waals surface area contributed by atoms with Gasteiger partial charge in [-0.1, -0.05) is 55.7 Å².